The molecule has 22 heavy (non-hydrogen) atoms. The molecule has 5 heteroatoms. The number of piperidine rings is 1. The van der Waals surface area contributed by atoms with Gasteiger partial charge in [0.05, 0.1) is 11.1 Å². The number of amides is 2. The molecule has 0 aliphatic carbocycles. The molecule has 1 saturated heterocycles. The molecule has 0 radical (unpaired) electrons. The van der Waals surface area contributed by atoms with E-state index in [1.54, 1.807) is 6.07 Å². The van der Waals surface area contributed by atoms with Crippen LogP contribution >= 0.6 is 0 Å². The summed E-state index contributed by atoms with van der Waals surface area (Å²) in [7, 11) is 0. The lowest BCUT2D eigenvalue weighted by Crippen LogP contribution is -2.41. The van der Waals surface area contributed by atoms with E-state index in [2.05, 4.69) is 17.2 Å². The monoisotopic (exact) mass is 303 g/mol. The highest BCUT2D eigenvalue weighted by Crippen LogP contribution is 2.18. The number of rotatable bonds is 2. The summed E-state index contributed by atoms with van der Waals surface area (Å²) in [5.74, 6) is 0.282. The number of carbonyl (C=O) groups excluding carboxylic acids is 2. The number of aromatic nitrogens is 1. The van der Waals surface area contributed by atoms with Crippen molar-refractivity contribution in [2.24, 2.45) is 5.92 Å². The van der Waals surface area contributed by atoms with Crippen LogP contribution < -0.4 is 5.32 Å². The van der Waals surface area contributed by atoms with Gasteiger partial charge in [-0.05, 0) is 45.6 Å². The molecule has 0 aromatic carbocycles. The van der Waals surface area contributed by atoms with E-state index in [0.717, 1.165) is 25.9 Å². The zero-order chi connectivity index (χ0) is 16.3. The SMILES string of the molecule is CC1CCCN(C(=O)c2cncc(C(=O)NC(C)(C)C)c2)C1. The third kappa shape index (κ3) is 4.29. The van der Waals surface area contributed by atoms with Gasteiger partial charge in [-0.1, -0.05) is 6.92 Å². The summed E-state index contributed by atoms with van der Waals surface area (Å²) in [6.07, 6.45) is 5.23. The fourth-order valence-corrected chi connectivity index (χ4v) is 2.65. The molecule has 1 aromatic heterocycles. The van der Waals surface area contributed by atoms with Crippen LogP contribution in [0.3, 0.4) is 0 Å². The molecule has 1 aromatic rings. The van der Waals surface area contributed by atoms with Gasteiger partial charge in [0.25, 0.3) is 11.8 Å². The number of pyridine rings is 1. The third-order valence-electron chi connectivity index (χ3n) is 3.68. The van der Waals surface area contributed by atoms with Crippen molar-refractivity contribution in [2.45, 2.75) is 46.1 Å². The Kier molecular flexibility index (Phi) is 4.84. The number of hydrogen-bond donors (Lipinski definition) is 1. The smallest absolute Gasteiger partial charge is 0.255 e. The van der Waals surface area contributed by atoms with E-state index in [9.17, 15) is 9.59 Å². The van der Waals surface area contributed by atoms with Gasteiger partial charge in [0.15, 0.2) is 0 Å². The lowest BCUT2D eigenvalue weighted by Gasteiger charge is -2.31. The van der Waals surface area contributed by atoms with Gasteiger partial charge in [-0.25, -0.2) is 0 Å². The molecule has 1 unspecified atom stereocenters. The second-order valence-corrected chi connectivity index (χ2v) is 7.16. The van der Waals surface area contributed by atoms with E-state index in [1.165, 1.54) is 12.4 Å². The second kappa shape index (κ2) is 6.46. The van der Waals surface area contributed by atoms with Crippen LogP contribution in [-0.2, 0) is 0 Å². The molecule has 0 spiro atoms. The highest BCUT2D eigenvalue weighted by Gasteiger charge is 2.23. The quantitative estimate of drug-likeness (QED) is 0.913. The molecule has 0 saturated carbocycles. The van der Waals surface area contributed by atoms with Crippen molar-refractivity contribution < 1.29 is 9.59 Å². The molecular weight excluding hydrogens is 278 g/mol. The predicted molar refractivity (Wildman–Crippen MR) is 85.8 cm³/mol. The molecule has 1 atom stereocenters. The molecule has 1 N–H and O–H groups in total. The highest BCUT2D eigenvalue weighted by atomic mass is 16.2. The maximum atomic E-state index is 12.6. The Morgan fingerprint density at radius 2 is 1.95 bits per heavy atom. The molecule has 5 nitrogen and oxygen atoms in total. The number of nitrogens with one attached hydrogen (secondary N) is 1. The van der Waals surface area contributed by atoms with E-state index in [1.807, 2.05) is 25.7 Å². The third-order valence-corrected chi connectivity index (χ3v) is 3.68. The predicted octanol–water partition coefficient (Wildman–Crippen LogP) is 2.48. The van der Waals surface area contributed by atoms with E-state index < -0.39 is 0 Å². The van der Waals surface area contributed by atoms with Crippen LogP contribution in [0.1, 0.15) is 61.3 Å². The summed E-state index contributed by atoms with van der Waals surface area (Å²) in [5, 5.41) is 2.88. The fourth-order valence-electron chi connectivity index (χ4n) is 2.65. The Hall–Kier alpha value is -1.91. The zero-order valence-electron chi connectivity index (χ0n) is 13.8. The zero-order valence-corrected chi connectivity index (χ0v) is 13.8. The molecule has 1 aliphatic heterocycles. The maximum absolute atomic E-state index is 12.6. The van der Waals surface area contributed by atoms with Crippen molar-refractivity contribution in [2.75, 3.05) is 13.1 Å². The highest BCUT2D eigenvalue weighted by molar-refractivity contribution is 5.99. The Morgan fingerprint density at radius 1 is 1.27 bits per heavy atom. The van der Waals surface area contributed by atoms with Crippen LogP contribution in [0.5, 0.6) is 0 Å². The Morgan fingerprint density at radius 3 is 2.59 bits per heavy atom. The second-order valence-electron chi connectivity index (χ2n) is 7.16. The molecule has 2 amide bonds. The standard InChI is InChI=1S/C17H25N3O2/c1-12-6-5-7-20(11-12)16(22)14-8-13(9-18-10-14)15(21)19-17(2,3)4/h8-10,12H,5-7,11H2,1-4H3,(H,19,21). The molecule has 120 valence electrons. The summed E-state index contributed by atoms with van der Waals surface area (Å²) in [5.41, 5.74) is 0.584. The molecule has 1 aliphatic rings. The number of nitrogens with zero attached hydrogens (tertiary/aromatic N) is 2. The summed E-state index contributed by atoms with van der Waals surface area (Å²) < 4.78 is 0. The summed E-state index contributed by atoms with van der Waals surface area (Å²) in [6.45, 7) is 9.47. The minimum absolute atomic E-state index is 0.0375. The van der Waals surface area contributed by atoms with Crippen molar-refractivity contribution in [1.82, 2.24) is 15.2 Å². The van der Waals surface area contributed by atoms with Crippen LogP contribution in [0, 0.1) is 5.92 Å². The summed E-state index contributed by atoms with van der Waals surface area (Å²) in [4.78, 5) is 30.7. The van der Waals surface area contributed by atoms with Gasteiger partial charge in [-0.2, -0.15) is 0 Å². The lowest BCUT2D eigenvalue weighted by molar-refractivity contribution is 0.0682. The first-order valence-electron chi connectivity index (χ1n) is 7.83. The largest absolute Gasteiger partial charge is 0.347 e. The Bertz CT molecular complexity index is 563. The van der Waals surface area contributed by atoms with Crippen LogP contribution in [0.25, 0.3) is 0 Å². The molecule has 2 rings (SSSR count). The number of hydrogen-bond acceptors (Lipinski definition) is 3. The van der Waals surface area contributed by atoms with Crippen molar-refractivity contribution in [3.8, 4) is 0 Å². The van der Waals surface area contributed by atoms with Crippen molar-refractivity contribution in [3.05, 3.63) is 29.6 Å². The van der Waals surface area contributed by atoms with Crippen LogP contribution in [0.15, 0.2) is 18.5 Å². The fraction of sp³-hybridized carbons (Fsp3) is 0.588. The first-order valence-corrected chi connectivity index (χ1v) is 7.83. The van der Waals surface area contributed by atoms with Gasteiger partial charge >= 0.3 is 0 Å². The number of carbonyl (C=O) groups is 2. The van der Waals surface area contributed by atoms with Gasteiger partial charge in [-0.15, -0.1) is 0 Å². The topological polar surface area (TPSA) is 62.3 Å². The molecule has 1 fully saturated rings. The first-order chi connectivity index (χ1) is 10.3. The maximum Gasteiger partial charge on any atom is 0.255 e. The van der Waals surface area contributed by atoms with Crippen molar-refractivity contribution >= 4 is 11.8 Å². The van der Waals surface area contributed by atoms with E-state index in [0.29, 0.717) is 17.0 Å². The Labute approximate surface area is 132 Å². The molecule has 0 bridgehead atoms. The van der Waals surface area contributed by atoms with Crippen LogP contribution in [0.4, 0.5) is 0 Å². The minimum atomic E-state index is -0.320. The normalized spacial score (nSPS) is 18.9. The van der Waals surface area contributed by atoms with Gasteiger partial charge in [0, 0.05) is 31.0 Å². The summed E-state index contributed by atoms with van der Waals surface area (Å²) in [6, 6.07) is 1.63. The van der Waals surface area contributed by atoms with Crippen LogP contribution in [0.2, 0.25) is 0 Å². The van der Waals surface area contributed by atoms with Gasteiger partial charge in [0.1, 0.15) is 0 Å². The Balaban J connectivity index is 2.14. The van der Waals surface area contributed by atoms with E-state index in [-0.39, 0.29) is 17.4 Å². The van der Waals surface area contributed by atoms with Crippen LogP contribution in [-0.4, -0.2) is 40.3 Å². The average molecular weight is 303 g/mol. The minimum Gasteiger partial charge on any atom is -0.347 e. The summed E-state index contributed by atoms with van der Waals surface area (Å²) >= 11 is 0. The lowest BCUT2D eigenvalue weighted by atomic mass is 9.99. The number of likely N-dealkylation sites (tertiary alicyclic amines) is 1. The average Bonchev–Trinajstić information content (AvgIpc) is 2.45. The van der Waals surface area contributed by atoms with E-state index in [4.69, 9.17) is 0 Å². The van der Waals surface area contributed by atoms with Gasteiger partial charge in [-0.3, -0.25) is 14.6 Å². The van der Waals surface area contributed by atoms with E-state index >= 15 is 0 Å². The van der Waals surface area contributed by atoms with Gasteiger partial charge < -0.3 is 10.2 Å². The van der Waals surface area contributed by atoms with Gasteiger partial charge in [0.2, 0.25) is 0 Å². The molecule has 2 heterocycles. The van der Waals surface area contributed by atoms with Crippen molar-refractivity contribution in [1.29, 1.82) is 0 Å². The first kappa shape index (κ1) is 16.5. The van der Waals surface area contributed by atoms with Crippen molar-refractivity contribution in [3.63, 3.8) is 0 Å². The molecular formula is C17H25N3O2.